The minimum atomic E-state index is 0.255. The molecule has 1 N–H and O–H groups in total. The Labute approximate surface area is 134 Å². The molecule has 0 amide bonds. The van der Waals surface area contributed by atoms with Crippen LogP contribution in [0.2, 0.25) is 0 Å². The minimum Gasteiger partial charge on any atom is -0.361 e. The summed E-state index contributed by atoms with van der Waals surface area (Å²) < 4.78 is 1.82. The maximum absolute atomic E-state index is 4.65. The maximum atomic E-state index is 4.65. The van der Waals surface area contributed by atoms with E-state index in [1.54, 1.807) is 23.7 Å². The van der Waals surface area contributed by atoms with Gasteiger partial charge in [0.25, 0.3) is 0 Å². The van der Waals surface area contributed by atoms with Crippen molar-refractivity contribution in [2.75, 3.05) is 5.32 Å². The highest BCUT2D eigenvalue weighted by Crippen LogP contribution is 2.25. The highest BCUT2D eigenvalue weighted by Gasteiger charge is 2.12. The van der Waals surface area contributed by atoms with E-state index in [9.17, 15) is 0 Å². The van der Waals surface area contributed by atoms with Gasteiger partial charge in [-0.25, -0.2) is 9.67 Å². The molecule has 3 heterocycles. The Bertz CT molecular complexity index is 748. The van der Waals surface area contributed by atoms with Crippen LogP contribution in [0.1, 0.15) is 35.7 Å². The largest absolute Gasteiger partial charge is 0.361 e. The van der Waals surface area contributed by atoms with E-state index in [2.05, 4.69) is 44.8 Å². The molecule has 0 spiro atoms. The standard InChI is InChI=1S/C16H19N5S/c1-4-13(14-6-5-7-22-14)18-15-9-17-10-16(19-15)21-12(3)8-11(2)20-21/h5-10,13H,4H2,1-3H3,(H,18,19). The Hall–Kier alpha value is -2.21. The van der Waals surface area contributed by atoms with Gasteiger partial charge in [-0.05, 0) is 37.8 Å². The molecule has 0 saturated carbocycles. The molecule has 3 aromatic rings. The predicted octanol–water partition coefficient (Wildman–Crippen LogP) is 3.90. The van der Waals surface area contributed by atoms with Crippen LogP contribution in [0.3, 0.4) is 0 Å². The fourth-order valence-corrected chi connectivity index (χ4v) is 3.29. The molecule has 1 unspecified atom stereocenters. The fourth-order valence-electron chi connectivity index (χ4n) is 2.43. The van der Waals surface area contributed by atoms with Crippen LogP contribution in [-0.2, 0) is 0 Å². The van der Waals surface area contributed by atoms with E-state index in [1.807, 2.05) is 24.6 Å². The molecule has 0 radical (unpaired) electrons. The number of nitrogens with one attached hydrogen (secondary N) is 1. The number of nitrogens with zero attached hydrogens (tertiary/aromatic N) is 4. The van der Waals surface area contributed by atoms with Crippen molar-refractivity contribution < 1.29 is 0 Å². The zero-order valence-electron chi connectivity index (χ0n) is 12.9. The normalized spacial score (nSPS) is 12.3. The molecule has 5 nitrogen and oxygen atoms in total. The summed E-state index contributed by atoms with van der Waals surface area (Å²) in [4.78, 5) is 10.3. The van der Waals surface area contributed by atoms with Gasteiger partial charge in [0.2, 0.25) is 0 Å². The lowest BCUT2D eigenvalue weighted by Crippen LogP contribution is -2.11. The van der Waals surface area contributed by atoms with Crippen molar-refractivity contribution in [2.24, 2.45) is 0 Å². The van der Waals surface area contributed by atoms with Crippen molar-refractivity contribution in [3.63, 3.8) is 0 Å². The van der Waals surface area contributed by atoms with Gasteiger partial charge in [-0.2, -0.15) is 5.10 Å². The van der Waals surface area contributed by atoms with Gasteiger partial charge in [0.1, 0.15) is 5.82 Å². The van der Waals surface area contributed by atoms with E-state index < -0.39 is 0 Å². The Morgan fingerprint density at radius 2 is 2.18 bits per heavy atom. The third-order valence-corrected chi connectivity index (χ3v) is 4.45. The van der Waals surface area contributed by atoms with Crippen LogP contribution in [0.25, 0.3) is 5.82 Å². The fraction of sp³-hybridized carbons (Fsp3) is 0.312. The lowest BCUT2D eigenvalue weighted by Gasteiger charge is -2.16. The van der Waals surface area contributed by atoms with E-state index in [0.717, 1.165) is 29.4 Å². The third kappa shape index (κ3) is 3.01. The van der Waals surface area contributed by atoms with Crippen LogP contribution < -0.4 is 5.32 Å². The summed E-state index contributed by atoms with van der Waals surface area (Å²) in [7, 11) is 0. The molecule has 3 rings (SSSR count). The summed E-state index contributed by atoms with van der Waals surface area (Å²) in [5.41, 5.74) is 2.02. The van der Waals surface area contributed by atoms with E-state index in [0.29, 0.717) is 0 Å². The van der Waals surface area contributed by atoms with Gasteiger partial charge in [0.15, 0.2) is 5.82 Å². The smallest absolute Gasteiger partial charge is 0.174 e. The Morgan fingerprint density at radius 1 is 1.32 bits per heavy atom. The first-order valence-electron chi connectivity index (χ1n) is 7.33. The number of hydrogen-bond acceptors (Lipinski definition) is 5. The van der Waals surface area contributed by atoms with Crippen molar-refractivity contribution in [1.29, 1.82) is 0 Å². The Balaban J connectivity index is 1.86. The number of rotatable bonds is 5. The molecule has 1 atom stereocenters. The molecule has 0 bridgehead atoms. The van der Waals surface area contributed by atoms with Crippen LogP contribution in [0.4, 0.5) is 5.82 Å². The van der Waals surface area contributed by atoms with E-state index >= 15 is 0 Å². The van der Waals surface area contributed by atoms with Gasteiger partial charge in [-0.3, -0.25) is 4.98 Å². The molecular weight excluding hydrogens is 294 g/mol. The summed E-state index contributed by atoms with van der Waals surface area (Å²) in [6.07, 6.45) is 4.48. The monoisotopic (exact) mass is 313 g/mol. The quantitative estimate of drug-likeness (QED) is 0.776. The van der Waals surface area contributed by atoms with Gasteiger partial charge in [-0.1, -0.05) is 13.0 Å². The molecule has 0 aromatic carbocycles. The molecule has 0 aliphatic heterocycles. The second-order valence-corrected chi connectivity index (χ2v) is 6.20. The average molecular weight is 313 g/mol. The second kappa shape index (κ2) is 6.27. The van der Waals surface area contributed by atoms with Gasteiger partial charge in [-0.15, -0.1) is 11.3 Å². The summed E-state index contributed by atoms with van der Waals surface area (Å²) in [5.74, 6) is 1.50. The number of anilines is 1. The summed E-state index contributed by atoms with van der Waals surface area (Å²) in [5, 5.41) is 10.0. The molecule has 0 aliphatic rings. The number of thiophene rings is 1. The minimum absolute atomic E-state index is 0.255. The van der Waals surface area contributed by atoms with Crippen LogP contribution in [0.15, 0.2) is 36.0 Å². The molecular formula is C16H19N5S. The Kier molecular flexibility index (Phi) is 4.20. The molecule has 22 heavy (non-hydrogen) atoms. The number of aryl methyl sites for hydroxylation is 2. The van der Waals surface area contributed by atoms with Gasteiger partial charge < -0.3 is 5.32 Å². The van der Waals surface area contributed by atoms with Crippen LogP contribution in [0, 0.1) is 13.8 Å². The van der Waals surface area contributed by atoms with Crippen molar-refractivity contribution >= 4 is 17.2 Å². The van der Waals surface area contributed by atoms with Crippen LogP contribution >= 0.6 is 11.3 Å². The summed E-state index contributed by atoms with van der Waals surface area (Å²) >= 11 is 1.75. The van der Waals surface area contributed by atoms with E-state index in [4.69, 9.17) is 0 Å². The molecule has 0 saturated heterocycles. The van der Waals surface area contributed by atoms with Gasteiger partial charge >= 0.3 is 0 Å². The first kappa shape index (κ1) is 14.7. The SMILES string of the molecule is CCC(Nc1cncc(-n2nc(C)cc2C)n1)c1cccs1. The molecule has 3 aromatic heterocycles. The van der Waals surface area contributed by atoms with Crippen molar-refractivity contribution in [3.8, 4) is 5.82 Å². The van der Waals surface area contributed by atoms with E-state index in [1.165, 1.54) is 4.88 Å². The maximum Gasteiger partial charge on any atom is 0.174 e. The van der Waals surface area contributed by atoms with Crippen molar-refractivity contribution in [3.05, 3.63) is 52.2 Å². The highest BCUT2D eigenvalue weighted by molar-refractivity contribution is 7.10. The first-order valence-corrected chi connectivity index (χ1v) is 8.21. The zero-order valence-corrected chi connectivity index (χ0v) is 13.8. The molecule has 6 heteroatoms. The van der Waals surface area contributed by atoms with Crippen molar-refractivity contribution in [2.45, 2.75) is 33.2 Å². The van der Waals surface area contributed by atoms with Crippen LogP contribution in [-0.4, -0.2) is 19.7 Å². The summed E-state index contributed by atoms with van der Waals surface area (Å²) in [6, 6.07) is 6.50. The third-order valence-electron chi connectivity index (χ3n) is 3.47. The number of hydrogen-bond donors (Lipinski definition) is 1. The molecule has 114 valence electrons. The topological polar surface area (TPSA) is 55.6 Å². The average Bonchev–Trinajstić information content (AvgIpc) is 3.15. The number of aromatic nitrogens is 4. The van der Waals surface area contributed by atoms with E-state index in [-0.39, 0.29) is 6.04 Å². The first-order chi connectivity index (χ1) is 10.7. The second-order valence-electron chi connectivity index (χ2n) is 5.22. The van der Waals surface area contributed by atoms with Crippen LogP contribution in [0.5, 0.6) is 0 Å². The lowest BCUT2D eigenvalue weighted by molar-refractivity contribution is 0.750. The molecule has 0 fully saturated rings. The Morgan fingerprint density at radius 3 is 2.82 bits per heavy atom. The highest BCUT2D eigenvalue weighted by atomic mass is 32.1. The summed E-state index contributed by atoms with van der Waals surface area (Å²) in [6.45, 7) is 6.15. The zero-order chi connectivity index (χ0) is 15.5. The lowest BCUT2D eigenvalue weighted by atomic mass is 10.2. The molecule has 0 aliphatic carbocycles. The van der Waals surface area contributed by atoms with Crippen molar-refractivity contribution in [1.82, 2.24) is 19.7 Å². The van der Waals surface area contributed by atoms with Gasteiger partial charge in [0.05, 0.1) is 24.1 Å². The van der Waals surface area contributed by atoms with Gasteiger partial charge in [0, 0.05) is 10.6 Å². The predicted molar refractivity (Wildman–Crippen MR) is 89.6 cm³/mol.